The third kappa shape index (κ3) is 8.17. The van der Waals surface area contributed by atoms with Crippen molar-refractivity contribution in [2.24, 2.45) is 0 Å². The second-order valence-electron chi connectivity index (χ2n) is 10.6. The second kappa shape index (κ2) is 14.0. The van der Waals surface area contributed by atoms with Crippen LogP contribution in [0.4, 0.5) is 0 Å². The maximum absolute atomic E-state index is 13.9. The number of benzene rings is 2. The lowest BCUT2D eigenvalue weighted by Gasteiger charge is -2.51. The van der Waals surface area contributed by atoms with Gasteiger partial charge >= 0.3 is 0 Å². The molecule has 3 N–H and O–H groups in total. The summed E-state index contributed by atoms with van der Waals surface area (Å²) in [5.41, 5.74) is 1.76. The number of methoxy groups -OCH3 is 1. The Kier molecular flexibility index (Phi) is 10.4. The van der Waals surface area contributed by atoms with Gasteiger partial charge in [-0.3, -0.25) is 9.59 Å². The van der Waals surface area contributed by atoms with E-state index >= 15 is 0 Å². The molecular weight excluding hydrogens is 558 g/mol. The lowest BCUT2D eigenvalue weighted by atomic mass is 9.84. The molecule has 1 saturated heterocycles. The monoisotopic (exact) mass is 597 g/mol. The second-order valence-corrected chi connectivity index (χ2v) is 12.4. The molecule has 1 aliphatic rings. The van der Waals surface area contributed by atoms with Crippen LogP contribution in [0.3, 0.4) is 0 Å². The zero-order chi connectivity index (χ0) is 30.2. The number of amides is 2. The van der Waals surface area contributed by atoms with E-state index in [9.17, 15) is 18.0 Å². The number of nitrogens with one attached hydrogen (secondary N) is 3. The molecule has 0 aliphatic carbocycles. The highest BCUT2D eigenvalue weighted by Crippen LogP contribution is 2.36. The highest BCUT2D eigenvalue weighted by Gasteiger charge is 2.49. The Morgan fingerprint density at radius 1 is 1.07 bits per heavy atom. The Morgan fingerprint density at radius 2 is 1.79 bits per heavy atom. The van der Waals surface area contributed by atoms with Gasteiger partial charge in [0.1, 0.15) is 23.4 Å². The summed E-state index contributed by atoms with van der Waals surface area (Å²) >= 11 is 0. The average molecular weight is 598 g/mol. The Bertz CT molecular complexity index is 1410. The van der Waals surface area contributed by atoms with Crippen molar-refractivity contribution in [1.29, 1.82) is 0 Å². The molecular formula is C30H39N5O6S. The predicted octanol–water partition coefficient (Wildman–Crippen LogP) is 2.16. The number of hydrogen-bond acceptors (Lipinski definition) is 7. The Balaban J connectivity index is 1.55. The molecule has 0 bridgehead atoms. The number of nitrogens with zero attached hydrogens (tertiary/aromatic N) is 2. The highest BCUT2D eigenvalue weighted by atomic mass is 32.2. The molecule has 1 unspecified atom stereocenters. The van der Waals surface area contributed by atoms with Crippen molar-refractivity contribution in [3.8, 4) is 5.75 Å². The topological polar surface area (TPSA) is 143 Å². The fourth-order valence-electron chi connectivity index (χ4n) is 4.99. The van der Waals surface area contributed by atoms with Crippen LogP contribution in [0.25, 0.3) is 0 Å². The van der Waals surface area contributed by atoms with Crippen molar-refractivity contribution in [3.05, 3.63) is 83.9 Å². The van der Waals surface area contributed by atoms with Crippen LogP contribution in [-0.4, -0.2) is 80.2 Å². The molecule has 2 amide bonds. The molecule has 42 heavy (non-hydrogen) atoms. The molecule has 2 aromatic carbocycles. The van der Waals surface area contributed by atoms with E-state index in [4.69, 9.17) is 9.47 Å². The number of likely N-dealkylation sites (tertiary alicyclic amines) is 1. The van der Waals surface area contributed by atoms with Crippen LogP contribution in [0.15, 0.2) is 67.1 Å². The van der Waals surface area contributed by atoms with Crippen molar-refractivity contribution in [2.75, 3.05) is 33.1 Å². The number of aromatic amines is 1. The van der Waals surface area contributed by atoms with Gasteiger partial charge in [0, 0.05) is 31.3 Å². The van der Waals surface area contributed by atoms with Crippen LogP contribution in [0.5, 0.6) is 5.75 Å². The number of carbonyl (C=O) groups is 2. The Labute approximate surface area is 247 Å². The maximum atomic E-state index is 13.9. The SMILES string of the molecule is CCCCOC1(c2ccccc2)CN(C(=O)C(Cc2ccc(OC)cc2)NC(=O)[C@H](Cc2cnc[nH]2)NS(C)(=O)=O)C1. The van der Waals surface area contributed by atoms with Crippen LogP contribution in [0.2, 0.25) is 0 Å². The molecule has 2 heterocycles. The summed E-state index contributed by atoms with van der Waals surface area (Å²) in [5, 5.41) is 2.83. The first-order valence-electron chi connectivity index (χ1n) is 14.0. The molecule has 4 rings (SSSR count). The summed E-state index contributed by atoms with van der Waals surface area (Å²) < 4.78 is 38.2. The van der Waals surface area contributed by atoms with Crippen LogP contribution >= 0.6 is 0 Å². The van der Waals surface area contributed by atoms with Gasteiger partial charge in [-0.25, -0.2) is 18.1 Å². The zero-order valence-electron chi connectivity index (χ0n) is 24.2. The van der Waals surface area contributed by atoms with Gasteiger partial charge in [-0.2, -0.15) is 0 Å². The number of carbonyl (C=O) groups excluding carboxylic acids is 2. The number of unbranched alkanes of at least 4 members (excludes halogenated alkanes) is 1. The molecule has 1 fully saturated rings. The Hall–Kier alpha value is -3.74. The average Bonchev–Trinajstić information content (AvgIpc) is 3.46. The summed E-state index contributed by atoms with van der Waals surface area (Å²) in [7, 11) is -2.16. The van der Waals surface area contributed by atoms with Crippen molar-refractivity contribution >= 4 is 21.8 Å². The van der Waals surface area contributed by atoms with Gasteiger partial charge in [0.15, 0.2) is 0 Å². The highest BCUT2D eigenvalue weighted by molar-refractivity contribution is 7.88. The van der Waals surface area contributed by atoms with Crippen LogP contribution in [-0.2, 0) is 42.8 Å². The number of H-pyrrole nitrogens is 1. The molecule has 3 aromatic rings. The van der Waals surface area contributed by atoms with Gasteiger partial charge in [0.2, 0.25) is 21.8 Å². The van der Waals surface area contributed by atoms with E-state index < -0.39 is 33.6 Å². The fourth-order valence-corrected chi connectivity index (χ4v) is 5.70. The summed E-state index contributed by atoms with van der Waals surface area (Å²) in [6.45, 7) is 3.35. The molecule has 1 aromatic heterocycles. The minimum absolute atomic E-state index is 0.0362. The quantitative estimate of drug-likeness (QED) is 0.228. The number of ether oxygens (including phenoxy) is 2. The molecule has 12 heteroatoms. The molecule has 2 atom stereocenters. The fraction of sp³-hybridized carbons (Fsp3) is 0.433. The normalized spacial score (nSPS) is 15.8. The molecule has 226 valence electrons. The van der Waals surface area contributed by atoms with Gasteiger partial charge in [0.05, 0.1) is 32.8 Å². The number of rotatable bonds is 15. The van der Waals surface area contributed by atoms with Crippen LogP contribution in [0.1, 0.15) is 36.6 Å². The van der Waals surface area contributed by atoms with Crippen molar-refractivity contribution in [2.45, 2.75) is 50.3 Å². The van der Waals surface area contributed by atoms with Crippen molar-refractivity contribution < 1.29 is 27.5 Å². The summed E-state index contributed by atoms with van der Waals surface area (Å²) in [5.74, 6) is -0.220. The van der Waals surface area contributed by atoms with E-state index in [0.717, 1.165) is 30.2 Å². The van der Waals surface area contributed by atoms with E-state index in [1.54, 1.807) is 24.1 Å². The summed E-state index contributed by atoms with van der Waals surface area (Å²) in [6.07, 6.45) is 6.10. The van der Waals surface area contributed by atoms with Gasteiger partial charge in [-0.1, -0.05) is 55.8 Å². The smallest absolute Gasteiger partial charge is 0.245 e. The molecule has 11 nitrogen and oxygen atoms in total. The van der Waals surface area contributed by atoms with Crippen LogP contribution in [0, 0.1) is 0 Å². The zero-order valence-corrected chi connectivity index (χ0v) is 25.0. The van der Waals surface area contributed by atoms with Gasteiger partial charge in [-0.05, 0) is 29.7 Å². The van der Waals surface area contributed by atoms with E-state index in [1.807, 2.05) is 42.5 Å². The van der Waals surface area contributed by atoms with Gasteiger partial charge in [0.25, 0.3) is 0 Å². The first-order chi connectivity index (χ1) is 20.1. The van der Waals surface area contributed by atoms with E-state index in [-0.39, 0.29) is 18.7 Å². The lowest BCUT2D eigenvalue weighted by Crippen LogP contribution is -2.66. The first-order valence-corrected chi connectivity index (χ1v) is 15.9. The van der Waals surface area contributed by atoms with Gasteiger partial charge in [-0.15, -0.1) is 0 Å². The predicted molar refractivity (Wildman–Crippen MR) is 158 cm³/mol. The Morgan fingerprint density at radius 3 is 2.38 bits per heavy atom. The molecule has 0 saturated carbocycles. The van der Waals surface area contributed by atoms with Gasteiger partial charge < -0.3 is 24.7 Å². The number of imidazole rings is 1. The van der Waals surface area contributed by atoms with Crippen molar-refractivity contribution in [3.63, 3.8) is 0 Å². The van der Waals surface area contributed by atoms with E-state index in [2.05, 4.69) is 26.9 Å². The third-order valence-corrected chi connectivity index (χ3v) is 7.96. The molecule has 0 radical (unpaired) electrons. The lowest BCUT2D eigenvalue weighted by molar-refractivity contribution is -0.175. The minimum atomic E-state index is -3.73. The molecule has 1 aliphatic heterocycles. The van der Waals surface area contributed by atoms with Crippen molar-refractivity contribution in [1.82, 2.24) is 24.9 Å². The summed E-state index contributed by atoms with van der Waals surface area (Å²) in [4.78, 5) is 36.0. The molecule has 0 spiro atoms. The van der Waals surface area contributed by atoms with Crippen LogP contribution < -0.4 is 14.8 Å². The standard InChI is InChI=1S/C30H39N5O6S/c1-4-5-15-41-30(23-9-7-6-8-10-23)19-35(20-30)29(37)27(16-22-11-13-25(40-2)14-12-22)33-28(36)26(34-42(3,38)39)17-24-18-31-21-32-24/h6-14,18,21,26-27,34H,4-5,15-17,19-20H2,1-3H3,(H,31,32)(H,33,36)/t26-,27?/m0/s1. The van der Waals surface area contributed by atoms with E-state index in [1.165, 1.54) is 12.5 Å². The largest absolute Gasteiger partial charge is 0.497 e. The summed E-state index contributed by atoms with van der Waals surface area (Å²) in [6, 6.07) is 15.0. The number of sulfonamides is 1. The van der Waals surface area contributed by atoms with E-state index in [0.29, 0.717) is 31.1 Å². The minimum Gasteiger partial charge on any atom is -0.497 e. The number of aromatic nitrogens is 2. The number of hydrogen-bond donors (Lipinski definition) is 3. The maximum Gasteiger partial charge on any atom is 0.245 e. The first kappa shape index (κ1) is 31.2. The third-order valence-electron chi connectivity index (χ3n) is 7.25.